The zero-order valence-electron chi connectivity index (χ0n) is 28.9. The standard InChI is InChI=1S/C38H33N7O4S4/c1-44(2)52(46,47)26-7-5-6-23(16-26)29-18-41-37-35(29)28(11-14-39-37)31-22-51-21-30(31)24-8-9-32(34(17-24)53(48,49)45(3)4)43-33-19-42-38-36(33)27(10-13-40-38)25-12-15-50-20-25/h5-22,43H,1-4H3,(H,39,41)(H,40,42). The van der Waals surface area contributed by atoms with Gasteiger partial charge in [0.05, 0.1) is 21.7 Å². The second-order valence-corrected chi connectivity index (χ2v) is 18.5. The first kappa shape index (κ1) is 34.9. The van der Waals surface area contributed by atoms with Crippen molar-refractivity contribution < 1.29 is 16.8 Å². The van der Waals surface area contributed by atoms with E-state index in [2.05, 4.69) is 30.6 Å². The van der Waals surface area contributed by atoms with Crippen molar-refractivity contribution in [1.29, 1.82) is 0 Å². The molecular formula is C38H33N7O4S4. The van der Waals surface area contributed by atoms with Crippen molar-refractivity contribution in [2.45, 2.75) is 9.79 Å². The minimum atomic E-state index is -3.92. The van der Waals surface area contributed by atoms with Gasteiger partial charge in [-0.3, -0.25) is 0 Å². The Morgan fingerprint density at radius 2 is 1.30 bits per heavy atom. The van der Waals surface area contributed by atoms with E-state index in [0.717, 1.165) is 49.7 Å². The number of anilines is 2. The summed E-state index contributed by atoms with van der Waals surface area (Å²) in [5, 5.41) is 13.2. The maximum absolute atomic E-state index is 14.0. The monoisotopic (exact) mass is 779 g/mol. The molecule has 6 heterocycles. The fourth-order valence-corrected chi connectivity index (χ4v) is 9.96. The number of H-pyrrole nitrogens is 2. The minimum absolute atomic E-state index is 0.119. The predicted octanol–water partition coefficient (Wildman–Crippen LogP) is 8.47. The lowest BCUT2D eigenvalue weighted by molar-refractivity contribution is 0.520. The van der Waals surface area contributed by atoms with Gasteiger partial charge in [0.15, 0.2) is 0 Å². The normalized spacial score (nSPS) is 12.4. The number of sulfonamides is 2. The van der Waals surface area contributed by atoms with Gasteiger partial charge in [-0.25, -0.2) is 35.4 Å². The molecule has 0 bridgehead atoms. The molecule has 0 aliphatic heterocycles. The lowest BCUT2D eigenvalue weighted by atomic mass is 9.95. The molecule has 0 unspecified atom stereocenters. The number of aromatic nitrogens is 4. The van der Waals surface area contributed by atoms with E-state index in [1.807, 2.05) is 52.7 Å². The zero-order valence-corrected chi connectivity index (χ0v) is 32.2. The van der Waals surface area contributed by atoms with Gasteiger partial charge >= 0.3 is 0 Å². The quantitative estimate of drug-likeness (QED) is 0.126. The molecule has 6 aromatic heterocycles. The van der Waals surface area contributed by atoms with Crippen LogP contribution in [0.3, 0.4) is 0 Å². The summed E-state index contributed by atoms with van der Waals surface area (Å²) >= 11 is 3.11. The van der Waals surface area contributed by atoms with Gasteiger partial charge in [0.25, 0.3) is 0 Å². The van der Waals surface area contributed by atoms with E-state index in [1.54, 1.807) is 60.3 Å². The molecule has 11 nitrogen and oxygen atoms in total. The highest BCUT2D eigenvalue weighted by Crippen LogP contribution is 2.44. The second-order valence-electron chi connectivity index (χ2n) is 12.7. The van der Waals surface area contributed by atoms with E-state index in [0.29, 0.717) is 28.2 Å². The highest BCUT2D eigenvalue weighted by Gasteiger charge is 2.25. The number of hydrogen-bond donors (Lipinski definition) is 3. The molecule has 0 radical (unpaired) electrons. The van der Waals surface area contributed by atoms with Crippen molar-refractivity contribution >= 4 is 76.2 Å². The number of nitrogens with zero attached hydrogens (tertiary/aromatic N) is 4. The van der Waals surface area contributed by atoms with Gasteiger partial charge in [0.2, 0.25) is 20.0 Å². The van der Waals surface area contributed by atoms with E-state index in [-0.39, 0.29) is 9.79 Å². The third-order valence-electron chi connectivity index (χ3n) is 9.18. The Morgan fingerprint density at radius 1 is 0.604 bits per heavy atom. The zero-order chi connectivity index (χ0) is 37.1. The Hall–Kier alpha value is -5.16. The highest BCUT2D eigenvalue weighted by molar-refractivity contribution is 7.89. The van der Waals surface area contributed by atoms with Crippen molar-refractivity contribution in [2.75, 3.05) is 33.5 Å². The van der Waals surface area contributed by atoms with E-state index >= 15 is 0 Å². The molecule has 0 saturated heterocycles. The van der Waals surface area contributed by atoms with Crippen molar-refractivity contribution in [3.63, 3.8) is 0 Å². The predicted molar refractivity (Wildman–Crippen MR) is 215 cm³/mol. The van der Waals surface area contributed by atoms with E-state index in [1.165, 1.54) is 48.1 Å². The van der Waals surface area contributed by atoms with Gasteiger partial charge in [-0.15, -0.1) is 0 Å². The Labute approximate surface area is 314 Å². The summed E-state index contributed by atoms with van der Waals surface area (Å²) in [7, 11) is -1.52. The minimum Gasteiger partial charge on any atom is -0.353 e. The first-order chi connectivity index (χ1) is 25.4. The third-order valence-corrected chi connectivity index (χ3v) is 14.3. The molecule has 8 rings (SSSR count). The average Bonchev–Trinajstić information content (AvgIpc) is 3.99. The Morgan fingerprint density at radius 3 is 2.04 bits per heavy atom. The number of fused-ring (bicyclic) bond motifs is 2. The summed E-state index contributed by atoms with van der Waals surface area (Å²) < 4.78 is 56.3. The molecular weight excluding hydrogens is 747 g/mol. The number of rotatable bonds is 10. The molecule has 15 heteroatoms. The maximum Gasteiger partial charge on any atom is 0.244 e. The number of pyridine rings is 2. The van der Waals surface area contributed by atoms with Crippen molar-refractivity contribution in [1.82, 2.24) is 28.5 Å². The van der Waals surface area contributed by atoms with Gasteiger partial charge in [-0.1, -0.05) is 18.2 Å². The Bertz CT molecular complexity index is 2870. The molecule has 3 N–H and O–H groups in total. The number of nitrogens with one attached hydrogen (secondary N) is 3. The number of thiophene rings is 2. The van der Waals surface area contributed by atoms with Gasteiger partial charge in [-0.05, 0) is 91.8 Å². The van der Waals surface area contributed by atoms with Crippen molar-refractivity contribution in [3.8, 4) is 44.5 Å². The van der Waals surface area contributed by atoms with Crippen LogP contribution in [0, 0.1) is 0 Å². The fourth-order valence-electron chi connectivity index (χ4n) is 6.43. The summed E-state index contributed by atoms with van der Waals surface area (Å²) in [5.74, 6) is 0. The summed E-state index contributed by atoms with van der Waals surface area (Å²) in [6.07, 6.45) is 7.12. The number of benzene rings is 2. The number of aromatic amines is 2. The van der Waals surface area contributed by atoms with Crippen LogP contribution in [0.1, 0.15) is 0 Å². The van der Waals surface area contributed by atoms with Gasteiger partial charge in [0, 0.05) is 75.1 Å². The lowest BCUT2D eigenvalue weighted by Gasteiger charge is -2.18. The molecule has 8 aromatic rings. The Kier molecular flexibility index (Phi) is 8.80. The van der Waals surface area contributed by atoms with Gasteiger partial charge in [-0.2, -0.15) is 22.7 Å². The molecule has 53 heavy (non-hydrogen) atoms. The molecule has 0 aliphatic rings. The summed E-state index contributed by atoms with van der Waals surface area (Å²) in [6.45, 7) is 0. The van der Waals surface area contributed by atoms with Gasteiger partial charge < -0.3 is 15.3 Å². The molecule has 268 valence electrons. The van der Waals surface area contributed by atoms with Crippen LogP contribution in [0.15, 0.2) is 117 Å². The van der Waals surface area contributed by atoms with Crippen LogP contribution in [-0.4, -0.2) is 73.6 Å². The topological polar surface area (TPSA) is 144 Å². The van der Waals surface area contributed by atoms with Crippen LogP contribution in [-0.2, 0) is 20.0 Å². The molecule has 0 saturated carbocycles. The van der Waals surface area contributed by atoms with Crippen LogP contribution in [0.4, 0.5) is 11.4 Å². The van der Waals surface area contributed by atoms with Crippen LogP contribution in [0.5, 0.6) is 0 Å². The third kappa shape index (κ3) is 6.04. The first-order valence-corrected chi connectivity index (χ1v) is 21.1. The SMILES string of the molecule is CN(C)S(=O)(=O)c1cccc(-c2c[nH]c3nccc(-c4cscc4-c4ccc(Nc5c[nH]c6nccc(-c7ccsc7)c56)c(S(=O)(=O)N(C)C)c4)c23)c1. The van der Waals surface area contributed by atoms with Crippen molar-refractivity contribution in [2.24, 2.45) is 0 Å². The highest BCUT2D eigenvalue weighted by atomic mass is 32.2. The maximum atomic E-state index is 14.0. The smallest absolute Gasteiger partial charge is 0.244 e. The molecule has 0 atom stereocenters. The fraction of sp³-hybridized carbons (Fsp3) is 0.105. The molecule has 0 aliphatic carbocycles. The first-order valence-electron chi connectivity index (χ1n) is 16.3. The Balaban J connectivity index is 1.25. The number of hydrogen-bond acceptors (Lipinski definition) is 9. The molecule has 0 fully saturated rings. The average molecular weight is 780 g/mol. The van der Waals surface area contributed by atoms with Crippen LogP contribution >= 0.6 is 22.7 Å². The summed E-state index contributed by atoms with van der Waals surface area (Å²) in [5.41, 5.74) is 9.31. The lowest BCUT2D eigenvalue weighted by Crippen LogP contribution is -2.23. The van der Waals surface area contributed by atoms with Crippen LogP contribution in [0.2, 0.25) is 0 Å². The summed E-state index contributed by atoms with van der Waals surface area (Å²) in [4.78, 5) is 15.9. The van der Waals surface area contributed by atoms with Crippen molar-refractivity contribution in [3.05, 3.63) is 107 Å². The van der Waals surface area contributed by atoms with Gasteiger partial charge in [0.1, 0.15) is 16.2 Å². The summed E-state index contributed by atoms with van der Waals surface area (Å²) in [6, 6.07) is 18.2. The molecule has 0 spiro atoms. The molecule has 2 aromatic carbocycles. The van der Waals surface area contributed by atoms with Crippen LogP contribution < -0.4 is 5.32 Å². The van der Waals surface area contributed by atoms with Crippen LogP contribution in [0.25, 0.3) is 66.6 Å². The van der Waals surface area contributed by atoms with E-state index in [9.17, 15) is 16.8 Å². The van der Waals surface area contributed by atoms with E-state index < -0.39 is 20.0 Å². The largest absolute Gasteiger partial charge is 0.353 e. The second kappa shape index (κ2) is 13.4. The van der Waals surface area contributed by atoms with E-state index in [4.69, 9.17) is 0 Å². The molecule has 0 amide bonds.